The highest BCUT2D eigenvalue weighted by molar-refractivity contribution is 5.89. The summed E-state index contributed by atoms with van der Waals surface area (Å²) >= 11 is 0. The van der Waals surface area contributed by atoms with Crippen molar-refractivity contribution in [3.63, 3.8) is 0 Å². The summed E-state index contributed by atoms with van der Waals surface area (Å²) in [6.45, 7) is 2.90. The Morgan fingerprint density at radius 3 is 2.75 bits per heavy atom. The fraction of sp³-hybridized carbons (Fsp3) is 0.474. The molecule has 0 bridgehead atoms. The largest absolute Gasteiger partial charge is 0.465 e. The van der Waals surface area contributed by atoms with E-state index in [1.165, 1.54) is 22.6 Å². The fourth-order valence-electron chi connectivity index (χ4n) is 3.76. The Kier molecular flexibility index (Phi) is 5.51. The van der Waals surface area contributed by atoms with E-state index in [1.54, 1.807) is 19.2 Å². The van der Waals surface area contributed by atoms with Gasteiger partial charge in [-0.05, 0) is 18.6 Å². The van der Waals surface area contributed by atoms with Crippen molar-refractivity contribution in [2.24, 2.45) is 7.05 Å². The van der Waals surface area contributed by atoms with Crippen LogP contribution < -0.4 is 10.5 Å². The van der Waals surface area contributed by atoms with Gasteiger partial charge in [-0.15, -0.1) is 0 Å². The Labute approximate surface area is 162 Å². The third kappa shape index (κ3) is 3.39. The Morgan fingerprint density at radius 2 is 2.14 bits per heavy atom. The summed E-state index contributed by atoms with van der Waals surface area (Å²) in [7, 11) is 3.19. The number of anilines is 1. The van der Waals surface area contributed by atoms with Crippen molar-refractivity contribution in [3.8, 4) is 6.07 Å². The van der Waals surface area contributed by atoms with Crippen LogP contribution in [0.5, 0.6) is 0 Å². The van der Waals surface area contributed by atoms with Gasteiger partial charge in [0.1, 0.15) is 17.3 Å². The Hall–Kier alpha value is -3.12. The second-order valence-electron chi connectivity index (χ2n) is 6.86. The molecule has 28 heavy (non-hydrogen) atoms. The molecule has 2 aromatic heterocycles. The van der Waals surface area contributed by atoms with Gasteiger partial charge in [0.2, 0.25) is 0 Å². The summed E-state index contributed by atoms with van der Waals surface area (Å²) in [6, 6.07) is 6.36. The predicted octanol–water partition coefficient (Wildman–Crippen LogP) is 1.40. The van der Waals surface area contributed by atoms with Gasteiger partial charge in [0, 0.05) is 39.4 Å². The number of piperazine rings is 1. The van der Waals surface area contributed by atoms with Crippen LogP contribution in [-0.4, -0.2) is 64.5 Å². The number of carbonyl (C=O) groups is 1. The van der Waals surface area contributed by atoms with Gasteiger partial charge in [-0.1, -0.05) is 6.92 Å². The predicted molar refractivity (Wildman–Crippen MR) is 104 cm³/mol. The summed E-state index contributed by atoms with van der Waals surface area (Å²) in [4.78, 5) is 32.1. The minimum atomic E-state index is -0.987. The van der Waals surface area contributed by atoms with Crippen molar-refractivity contribution >= 4 is 22.8 Å². The molecular formula is C19H23N5O4. The Bertz CT molecular complexity index is 996. The third-order valence-corrected chi connectivity index (χ3v) is 5.27. The van der Waals surface area contributed by atoms with Crippen LogP contribution in [0.1, 0.15) is 19.0 Å². The van der Waals surface area contributed by atoms with E-state index in [-0.39, 0.29) is 29.9 Å². The van der Waals surface area contributed by atoms with Gasteiger partial charge in [-0.25, -0.2) is 9.78 Å². The van der Waals surface area contributed by atoms with Gasteiger partial charge < -0.3 is 19.3 Å². The third-order valence-electron chi connectivity index (χ3n) is 5.27. The lowest BCUT2D eigenvalue weighted by Crippen LogP contribution is -2.61. The van der Waals surface area contributed by atoms with Crippen LogP contribution in [-0.2, 0) is 11.8 Å². The van der Waals surface area contributed by atoms with Crippen molar-refractivity contribution in [2.75, 3.05) is 31.7 Å². The van der Waals surface area contributed by atoms with E-state index < -0.39 is 6.09 Å². The standard InChI is InChI=1S/C19H23N5O4/c1-4-13-9-24(19(26)27)14(11-28-3)10-23(13)16-7-17(25)22(2)15-6-5-12(8-20)21-18(15)16/h5-7,13-14H,4,9-11H2,1-3H3,(H,26,27)/t13-,14-/m0/s1. The van der Waals surface area contributed by atoms with Crippen molar-refractivity contribution in [3.05, 3.63) is 34.2 Å². The molecule has 3 heterocycles. The number of fused-ring (bicyclic) bond motifs is 1. The van der Waals surface area contributed by atoms with Crippen LogP contribution in [0, 0.1) is 11.3 Å². The molecule has 9 heteroatoms. The van der Waals surface area contributed by atoms with E-state index in [4.69, 9.17) is 4.74 Å². The molecule has 2 atom stereocenters. The van der Waals surface area contributed by atoms with Gasteiger partial charge in [0.15, 0.2) is 0 Å². The molecule has 1 fully saturated rings. The number of nitrogens with zero attached hydrogens (tertiary/aromatic N) is 5. The van der Waals surface area contributed by atoms with Crippen LogP contribution in [0.3, 0.4) is 0 Å². The van der Waals surface area contributed by atoms with Gasteiger partial charge in [-0.3, -0.25) is 9.69 Å². The van der Waals surface area contributed by atoms with Crippen molar-refractivity contribution in [1.29, 1.82) is 5.26 Å². The number of amides is 1. The number of methoxy groups -OCH3 is 1. The Morgan fingerprint density at radius 1 is 1.39 bits per heavy atom. The number of aryl methyl sites for hydroxylation is 1. The zero-order valence-corrected chi connectivity index (χ0v) is 16.1. The maximum atomic E-state index is 12.5. The second kappa shape index (κ2) is 7.86. The lowest BCUT2D eigenvalue weighted by Gasteiger charge is -2.46. The quantitative estimate of drug-likeness (QED) is 0.846. The summed E-state index contributed by atoms with van der Waals surface area (Å²) in [5.74, 6) is 0. The first-order valence-electron chi connectivity index (χ1n) is 9.07. The number of hydrogen-bond donors (Lipinski definition) is 1. The highest BCUT2D eigenvalue weighted by atomic mass is 16.5. The molecule has 0 aliphatic carbocycles. The SMILES string of the molecule is CC[C@H]1CN(C(=O)O)[C@H](COC)CN1c1cc(=O)n(C)c2ccc(C#N)nc12. The minimum absolute atomic E-state index is 0.118. The number of aromatic nitrogens is 2. The lowest BCUT2D eigenvalue weighted by atomic mass is 10.0. The molecular weight excluding hydrogens is 362 g/mol. The van der Waals surface area contributed by atoms with Crippen LogP contribution in [0.2, 0.25) is 0 Å². The second-order valence-corrected chi connectivity index (χ2v) is 6.86. The van der Waals surface area contributed by atoms with E-state index in [1.807, 2.05) is 17.9 Å². The number of rotatable bonds is 4. The van der Waals surface area contributed by atoms with E-state index in [0.717, 1.165) is 0 Å². The van der Waals surface area contributed by atoms with E-state index >= 15 is 0 Å². The molecule has 0 spiro atoms. The highest BCUT2D eigenvalue weighted by Gasteiger charge is 2.36. The molecule has 148 valence electrons. The molecule has 0 aromatic carbocycles. The maximum absolute atomic E-state index is 12.5. The van der Waals surface area contributed by atoms with Gasteiger partial charge in [-0.2, -0.15) is 5.26 Å². The summed E-state index contributed by atoms with van der Waals surface area (Å²) in [6.07, 6.45) is -0.295. The van der Waals surface area contributed by atoms with Crippen molar-refractivity contribution in [2.45, 2.75) is 25.4 Å². The average molecular weight is 385 g/mol. The van der Waals surface area contributed by atoms with Crippen LogP contribution in [0.15, 0.2) is 23.0 Å². The number of nitriles is 1. The lowest BCUT2D eigenvalue weighted by molar-refractivity contribution is 0.0642. The molecule has 9 nitrogen and oxygen atoms in total. The molecule has 2 aromatic rings. The summed E-state index contributed by atoms with van der Waals surface area (Å²) in [5.41, 5.74) is 1.87. The molecule has 1 amide bonds. The number of pyridine rings is 2. The normalized spacial score (nSPS) is 19.6. The van der Waals surface area contributed by atoms with E-state index in [9.17, 15) is 20.0 Å². The minimum Gasteiger partial charge on any atom is -0.465 e. The smallest absolute Gasteiger partial charge is 0.407 e. The highest BCUT2D eigenvalue weighted by Crippen LogP contribution is 2.30. The molecule has 1 N–H and O–H groups in total. The molecule has 0 radical (unpaired) electrons. The van der Waals surface area contributed by atoms with Gasteiger partial charge in [0.05, 0.1) is 23.9 Å². The molecule has 1 aliphatic heterocycles. The zero-order valence-electron chi connectivity index (χ0n) is 16.1. The number of ether oxygens (including phenoxy) is 1. The van der Waals surface area contributed by atoms with Crippen LogP contribution in [0.25, 0.3) is 11.0 Å². The first-order chi connectivity index (χ1) is 13.4. The average Bonchev–Trinajstić information content (AvgIpc) is 2.70. The summed E-state index contributed by atoms with van der Waals surface area (Å²) < 4.78 is 6.72. The van der Waals surface area contributed by atoms with E-state index in [2.05, 4.69) is 4.98 Å². The molecule has 3 rings (SSSR count). The molecule has 0 unspecified atom stereocenters. The van der Waals surface area contributed by atoms with Gasteiger partial charge in [0.25, 0.3) is 5.56 Å². The number of carboxylic acid groups (broad SMARTS) is 1. The Balaban J connectivity index is 2.16. The zero-order chi connectivity index (χ0) is 20.4. The van der Waals surface area contributed by atoms with Crippen molar-refractivity contribution < 1.29 is 14.6 Å². The summed E-state index contributed by atoms with van der Waals surface area (Å²) in [5, 5.41) is 18.8. The number of hydrogen-bond acceptors (Lipinski definition) is 6. The molecule has 0 saturated carbocycles. The van der Waals surface area contributed by atoms with Gasteiger partial charge >= 0.3 is 6.09 Å². The van der Waals surface area contributed by atoms with Crippen molar-refractivity contribution in [1.82, 2.24) is 14.5 Å². The monoisotopic (exact) mass is 385 g/mol. The van der Waals surface area contributed by atoms with Crippen LogP contribution in [0.4, 0.5) is 10.5 Å². The fourth-order valence-corrected chi connectivity index (χ4v) is 3.76. The first kappa shape index (κ1) is 19.6. The maximum Gasteiger partial charge on any atom is 0.407 e. The van der Waals surface area contributed by atoms with E-state index in [0.29, 0.717) is 36.2 Å². The topological polar surface area (TPSA) is 112 Å². The first-order valence-corrected chi connectivity index (χ1v) is 9.07. The van der Waals surface area contributed by atoms with Crippen LogP contribution >= 0.6 is 0 Å². The molecule has 1 aliphatic rings. The molecule has 1 saturated heterocycles.